The lowest BCUT2D eigenvalue weighted by Gasteiger charge is -2.29. The maximum atomic E-state index is 13.5. The molecule has 0 heterocycles. The van der Waals surface area contributed by atoms with Crippen LogP contribution >= 0.6 is 0 Å². The van der Waals surface area contributed by atoms with Crippen molar-refractivity contribution in [3.8, 4) is 5.75 Å². The first-order valence-electron chi connectivity index (χ1n) is 12.5. The van der Waals surface area contributed by atoms with Gasteiger partial charge in [0, 0.05) is 6.42 Å². The summed E-state index contributed by atoms with van der Waals surface area (Å²) in [5.74, 6) is -9.67. The molecule has 40 heavy (non-hydrogen) atoms. The molecule has 12 heteroatoms. The molecular formula is C28H28N2O10. The zero-order chi connectivity index (χ0) is 29.6. The quantitative estimate of drug-likeness (QED) is 0.221. The first kappa shape index (κ1) is 29.8. The topological polar surface area (TPSA) is 176 Å². The first-order chi connectivity index (χ1) is 18.9. The number of carbonyl (C=O) groups excluding carboxylic acids is 6. The summed E-state index contributed by atoms with van der Waals surface area (Å²) >= 11 is 0. The minimum absolute atomic E-state index is 0.0457. The molecular weight excluding hydrogens is 524 g/mol. The van der Waals surface area contributed by atoms with E-state index in [1.807, 2.05) is 0 Å². The number of ketones is 4. The van der Waals surface area contributed by atoms with Crippen molar-refractivity contribution in [2.75, 3.05) is 0 Å². The van der Waals surface area contributed by atoms with E-state index in [0.717, 1.165) is 6.07 Å². The zero-order valence-corrected chi connectivity index (χ0v) is 22.0. The van der Waals surface area contributed by atoms with E-state index in [9.17, 15) is 38.9 Å². The van der Waals surface area contributed by atoms with E-state index in [2.05, 4.69) is 10.2 Å². The average molecular weight is 553 g/mol. The van der Waals surface area contributed by atoms with Crippen LogP contribution in [0.2, 0.25) is 0 Å². The smallest absolute Gasteiger partial charge is 0.308 e. The van der Waals surface area contributed by atoms with E-state index in [0.29, 0.717) is 5.56 Å². The molecule has 12 nitrogen and oxygen atoms in total. The summed E-state index contributed by atoms with van der Waals surface area (Å²) < 4.78 is 5.56. The standard InChI is InChI=1S/C28H28N2O10/c1-15(2)28(36)39-26-16(3)23(32)25(34)20(29-27(35)18-11-7-8-12-22(18)40-30(37)38)14-21(31)24(33)19(26)13-17-9-5-4-6-10-17/h4-12,15-16,19-20,26H,13-14H2,1-3H3,(H,29,35)/t16-,19+,20+,26-/m1/s1. The molecule has 0 aliphatic heterocycles. The van der Waals surface area contributed by atoms with Crippen LogP contribution in [0.1, 0.15) is 43.1 Å². The van der Waals surface area contributed by atoms with Crippen LogP contribution < -0.4 is 10.2 Å². The van der Waals surface area contributed by atoms with Crippen LogP contribution in [0.3, 0.4) is 0 Å². The van der Waals surface area contributed by atoms with Crippen LogP contribution in [-0.2, 0) is 35.1 Å². The molecule has 0 saturated heterocycles. The Bertz CT molecular complexity index is 1340. The van der Waals surface area contributed by atoms with Crippen molar-refractivity contribution in [1.82, 2.24) is 5.32 Å². The molecule has 1 aliphatic carbocycles. The number of amides is 1. The molecule has 0 unspecified atom stereocenters. The van der Waals surface area contributed by atoms with Gasteiger partial charge in [0.25, 0.3) is 11.0 Å². The predicted octanol–water partition coefficient (Wildman–Crippen LogP) is 2.10. The Labute approximate surface area is 229 Å². The summed E-state index contributed by atoms with van der Waals surface area (Å²) in [5.41, 5.74) is 0.300. The molecule has 0 aromatic heterocycles. The highest BCUT2D eigenvalue weighted by atomic mass is 17.0. The van der Waals surface area contributed by atoms with Gasteiger partial charge in [-0.3, -0.25) is 33.6 Å². The number of rotatable bonds is 8. The number of hydrogen-bond acceptors (Lipinski definition) is 10. The number of carbonyl (C=O) groups is 6. The van der Waals surface area contributed by atoms with Gasteiger partial charge in [-0.2, -0.15) is 0 Å². The van der Waals surface area contributed by atoms with Gasteiger partial charge < -0.3 is 10.1 Å². The average Bonchev–Trinajstić information content (AvgIpc) is 2.94. The fraction of sp³-hybridized carbons (Fsp3) is 0.357. The molecule has 0 radical (unpaired) electrons. The molecule has 0 spiro atoms. The maximum Gasteiger partial charge on any atom is 0.308 e. The third-order valence-corrected chi connectivity index (χ3v) is 6.50. The first-order valence-corrected chi connectivity index (χ1v) is 12.5. The maximum absolute atomic E-state index is 13.5. The van der Waals surface area contributed by atoms with Gasteiger partial charge in [-0.1, -0.05) is 63.2 Å². The minimum atomic E-state index is -1.75. The van der Waals surface area contributed by atoms with Crippen molar-refractivity contribution in [3.05, 3.63) is 75.8 Å². The Morgan fingerprint density at radius 1 is 0.975 bits per heavy atom. The van der Waals surface area contributed by atoms with Crippen molar-refractivity contribution in [3.63, 3.8) is 0 Å². The number of Topliss-reactive ketones (excluding diaryl/α,β-unsaturated/α-hetero) is 4. The van der Waals surface area contributed by atoms with Crippen molar-refractivity contribution in [2.45, 2.75) is 45.8 Å². The molecule has 2 aromatic rings. The molecule has 1 saturated carbocycles. The van der Waals surface area contributed by atoms with Gasteiger partial charge in [0.1, 0.15) is 17.9 Å². The Hall–Kier alpha value is -4.74. The van der Waals surface area contributed by atoms with Crippen LogP contribution in [0.15, 0.2) is 54.6 Å². The highest BCUT2D eigenvalue weighted by Gasteiger charge is 2.46. The predicted molar refractivity (Wildman–Crippen MR) is 137 cm³/mol. The lowest BCUT2D eigenvalue weighted by atomic mass is 9.81. The lowest BCUT2D eigenvalue weighted by Crippen LogP contribution is -2.47. The summed E-state index contributed by atoms with van der Waals surface area (Å²) in [7, 11) is 0. The highest BCUT2D eigenvalue weighted by molar-refractivity contribution is 6.44. The number of benzene rings is 2. The van der Waals surface area contributed by atoms with Gasteiger partial charge in [0.2, 0.25) is 23.1 Å². The number of hydrogen-bond donors (Lipinski definition) is 1. The van der Waals surface area contributed by atoms with Gasteiger partial charge in [-0.15, -0.1) is 10.1 Å². The molecule has 1 fully saturated rings. The second-order valence-electron chi connectivity index (χ2n) is 9.70. The molecule has 1 N–H and O–H groups in total. The summed E-state index contributed by atoms with van der Waals surface area (Å²) in [6.07, 6.45) is -2.31. The molecule has 0 bridgehead atoms. The van der Waals surface area contributed by atoms with Gasteiger partial charge in [0.05, 0.1) is 23.3 Å². The van der Waals surface area contributed by atoms with Gasteiger partial charge in [0.15, 0.2) is 0 Å². The normalized spacial score (nSPS) is 21.7. The van der Waals surface area contributed by atoms with E-state index in [1.165, 1.54) is 25.1 Å². The van der Waals surface area contributed by atoms with Crippen molar-refractivity contribution in [1.29, 1.82) is 0 Å². The largest absolute Gasteiger partial charge is 0.461 e. The van der Waals surface area contributed by atoms with Gasteiger partial charge in [-0.25, -0.2) is 0 Å². The minimum Gasteiger partial charge on any atom is -0.461 e. The van der Waals surface area contributed by atoms with E-state index >= 15 is 0 Å². The van der Waals surface area contributed by atoms with Crippen LogP contribution in [-0.4, -0.2) is 52.2 Å². The summed E-state index contributed by atoms with van der Waals surface area (Å²) in [6, 6.07) is 11.9. The lowest BCUT2D eigenvalue weighted by molar-refractivity contribution is -0.711. The van der Waals surface area contributed by atoms with E-state index in [-0.39, 0.29) is 12.0 Å². The van der Waals surface area contributed by atoms with Crippen LogP contribution in [0.5, 0.6) is 5.75 Å². The Morgan fingerprint density at radius 3 is 2.23 bits per heavy atom. The number of nitrogens with zero attached hydrogens (tertiary/aromatic N) is 1. The van der Waals surface area contributed by atoms with E-state index in [1.54, 1.807) is 44.2 Å². The third kappa shape index (κ3) is 7.01. The Morgan fingerprint density at radius 2 is 1.60 bits per heavy atom. The number of para-hydroxylation sites is 1. The zero-order valence-electron chi connectivity index (χ0n) is 22.0. The van der Waals surface area contributed by atoms with E-state index < -0.39 is 82.2 Å². The number of esters is 1. The number of nitrogens with one attached hydrogen (secondary N) is 1. The summed E-state index contributed by atoms with van der Waals surface area (Å²) in [5, 5.41) is 11.9. The number of ether oxygens (including phenoxy) is 1. The molecule has 1 aliphatic rings. The molecule has 3 rings (SSSR count). The van der Waals surface area contributed by atoms with Crippen LogP contribution in [0.4, 0.5) is 0 Å². The second kappa shape index (κ2) is 12.9. The molecule has 210 valence electrons. The van der Waals surface area contributed by atoms with Crippen LogP contribution in [0.25, 0.3) is 0 Å². The fourth-order valence-electron chi connectivity index (χ4n) is 4.33. The van der Waals surface area contributed by atoms with Crippen molar-refractivity contribution in [2.24, 2.45) is 17.8 Å². The third-order valence-electron chi connectivity index (χ3n) is 6.50. The second-order valence-corrected chi connectivity index (χ2v) is 9.70. The molecule has 4 atom stereocenters. The SMILES string of the molecule is CC(C)C(=O)O[C@@H]1[C@H](C)C(=O)C(=O)[C@@H](NC(=O)c2ccccc2O[N+](=O)[O-])CC(=O)C(=O)[C@@H]1Cc1ccccc1. The van der Waals surface area contributed by atoms with Gasteiger partial charge in [-0.05, 0) is 24.1 Å². The summed E-state index contributed by atoms with van der Waals surface area (Å²) in [4.78, 5) is 94.0. The van der Waals surface area contributed by atoms with Gasteiger partial charge >= 0.3 is 5.97 Å². The van der Waals surface area contributed by atoms with E-state index in [4.69, 9.17) is 4.74 Å². The van der Waals surface area contributed by atoms with Crippen molar-refractivity contribution >= 4 is 35.0 Å². The molecule has 1 amide bonds. The Balaban J connectivity index is 1.99. The fourth-order valence-corrected chi connectivity index (χ4v) is 4.33. The monoisotopic (exact) mass is 552 g/mol. The highest BCUT2D eigenvalue weighted by Crippen LogP contribution is 2.28. The summed E-state index contributed by atoms with van der Waals surface area (Å²) in [6.45, 7) is 4.43. The van der Waals surface area contributed by atoms with Crippen LogP contribution in [0, 0.1) is 27.9 Å². The Kier molecular flexibility index (Phi) is 9.59. The molecule has 2 aromatic carbocycles. The van der Waals surface area contributed by atoms with Crippen molar-refractivity contribution < 1.29 is 43.4 Å².